The van der Waals surface area contributed by atoms with Crippen molar-refractivity contribution in [2.24, 2.45) is 7.05 Å². The number of nitro groups is 1. The molecule has 0 unspecified atom stereocenters. The van der Waals surface area contributed by atoms with E-state index in [0.717, 1.165) is 17.7 Å². The highest BCUT2D eigenvalue weighted by atomic mass is 16.6. The van der Waals surface area contributed by atoms with Crippen molar-refractivity contribution in [2.45, 2.75) is 19.9 Å². The summed E-state index contributed by atoms with van der Waals surface area (Å²) in [6.07, 6.45) is 5.51. The third-order valence-corrected chi connectivity index (χ3v) is 2.79. The SMILES string of the molecule is CCc1nn(C)cc1CNc1ccncc1[N+](=O)[O-]. The van der Waals surface area contributed by atoms with Gasteiger partial charge in [-0.2, -0.15) is 5.10 Å². The maximum atomic E-state index is 10.9. The van der Waals surface area contributed by atoms with Crippen molar-refractivity contribution < 1.29 is 4.92 Å². The van der Waals surface area contributed by atoms with E-state index in [1.165, 1.54) is 12.4 Å². The van der Waals surface area contributed by atoms with Crippen LogP contribution in [0.1, 0.15) is 18.2 Å². The van der Waals surface area contributed by atoms with Gasteiger partial charge in [0.25, 0.3) is 0 Å². The Morgan fingerprint density at radius 3 is 3.00 bits per heavy atom. The zero-order valence-corrected chi connectivity index (χ0v) is 10.8. The normalized spacial score (nSPS) is 10.4. The van der Waals surface area contributed by atoms with Gasteiger partial charge in [0.15, 0.2) is 0 Å². The molecule has 0 bridgehead atoms. The van der Waals surface area contributed by atoms with E-state index in [1.807, 2.05) is 20.2 Å². The highest BCUT2D eigenvalue weighted by molar-refractivity contribution is 5.59. The highest BCUT2D eigenvalue weighted by Gasteiger charge is 2.13. The smallest absolute Gasteiger partial charge is 0.310 e. The lowest BCUT2D eigenvalue weighted by molar-refractivity contribution is -0.384. The third-order valence-electron chi connectivity index (χ3n) is 2.79. The topological polar surface area (TPSA) is 85.9 Å². The van der Waals surface area contributed by atoms with Gasteiger partial charge in [-0.15, -0.1) is 0 Å². The van der Waals surface area contributed by atoms with E-state index in [2.05, 4.69) is 15.4 Å². The summed E-state index contributed by atoms with van der Waals surface area (Å²) >= 11 is 0. The lowest BCUT2D eigenvalue weighted by atomic mass is 10.2. The molecule has 0 aliphatic carbocycles. The largest absolute Gasteiger partial charge is 0.375 e. The monoisotopic (exact) mass is 261 g/mol. The number of aromatic nitrogens is 3. The minimum Gasteiger partial charge on any atom is -0.375 e. The predicted octanol–water partition coefficient (Wildman–Crippen LogP) is 1.90. The third kappa shape index (κ3) is 2.87. The molecule has 0 saturated heterocycles. The summed E-state index contributed by atoms with van der Waals surface area (Å²) in [7, 11) is 1.86. The molecule has 0 aliphatic heterocycles. The Labute approximate surface area is 110 Å². The molecular formula is C12H15N5O2. The Morgan fingerprint density at radius 1 is 1.53 bits per heavy atom. The van der Waals surface area contributed by atoms with E-state index in [1.54, 1.807) is 10.7 Å². The van der Waals surface area contributed by atoms with Gasteiger partial charge in [0.05, 0.1) is 10.6 Å². The molecule has 2 aromatic rings. The van der Waals surface area contributed by atoms with Crippen molar-refractivity contribution in [3.05, 3.63) is 46.0 Å². The standard InChI is InChI=1S/C12H15N5O2/c1-3-10-9(8-16(2)15-10)6-14-11-4-5-13-7-12(11)17(18)19/h4-5,7-8H,3,6H2,1-2H3,(H,13,14). The molecule has 7 heteroatoms. The van der Waals surface area contributed by atoms with Crippen LogP contribution in [0.5, 0.6) is 0 Å². The molecule has 0 aromatic carbocycles. The van der Waals surface area contributed by atoms with Crippen LogP contribution >= 0.6 is 0 Å². The molecular weight excluding hydrogens is 246 g/mol. The van der Waals surface area contributed by atoms with E-state index >= 15 is 0 Å². The second-order valence-electron chi connectivity index (χ2n) is 4.13. The average molecular weight is 261 g/mol. The van der Waals surface area contributed by atoms with Gasteiger partial charge in [0, 0.05) is 31.5 Å². The average Bonchev–Trinajstić information content (AvgIpc) is 2.77. The fraction of sp³-hybridized carbons (Fsp3) is 0.333. The van der Waals surface area contributed by atoms with Crippen LogP contribution in [0.25, 0.3) is 0 Å². The molecule has 0 saturated carbocycles. The number of nitrogens with one attached hydrogen (secondary N) is 1. The molecule has 0 amide bonds. The van der Waals surface area contributed by atoms with Crippen LogP contribution in [-0.2, 0) is 20.0 Å². The fourth-order valence-corrected chi connectivity index (χ4v) is 1.90. The zero-order chi connectivity index (χ0) is 13.8. The number of hydrogen-bond acceptors (Lipinski definition) is 5. The van der Waals surface area contributed by atoms with Crippen LogP contribution in [0.15, 0.2) is 24.7 Å². The van der Waals surface area contributed by atoms with E-state index < -0.39 is 4.92 Å². The number of hydrogen-bond donors (Lipinski definition) is 1. The van der Waals surface area contributed by atoms with Crippen LogP contribution in [0, 0.1) is 10.1 Å². The highest BCUT2D eigenvalue weighted by Crippen LogP contribution is 2.22. The van der Waals surface area contributed by atoms with Gasteiger partial charge in [0.2, 0.25) is 0 Å². The Bertz CT molecular complexity index is 594. The van der Waals surface area contributed by atoms with Gasteiger partial charge in [-0.1, -0.05) is 6.92 Å². The van der Waals surface area contributed by atoms with Crippen molar-refractivity contribution in [1.82, 2.24) is 14.8 Å². The molecule has 100 valence electrons. The van der Waals surface area contributed by atoms with Crippen LogP contribution in [0.3, 0.4) is 0 Å². The van der Waals surface area contributed by atoms with Crippen LogP contribution < -0.4 is 5.32 Å². The van der Waals surface area contributed by atoms with Gasteiger partial charge in [-0.3, -0.25) is 19.8 Å². The summed E-state index contributed by atoms with van der Waals surface area (Å²) < 4.78 is 1.75. The summed E-state index contributed by atoms with van der Waals surface area (Å²) in [5, 5.41) is 18.3. The molecule has 2 aromatic heterocycles. The number of aryl methyl sites for hydroxylation is 2. The summed E-state index contributed by atoms with van der Waals surface area (Å²) in [6.45, 7) is 2.53. The second-order valence-corrected chi connectivity index (χ2v) is 4.13. The lowest BCUT2D eigenvalue weighted by Gasteiger charge is -2.06. The van der Waals surface area contributed by atoms with Gasteiger partial charge in [-0.25, -0.2) is 0 Å². The Morgan fingerprint density at radius 2 is 2.32 bits per heavy atom. The molecule has 0 aliphatic rings. The van der Waals surface area contributed by atoms with Gasteiger partial charge >= 0.3 is 5.69 Å². The van der Waals surface area contributed by atoms with Gasteiger partial charge in [-0.05, 0) is 12.5 Å². The predicted molar refractivity (Wildman–Crippen MR) is 70.8 cm³/mol. The van der Waals surface area contributed by atoms with Crippen molar-refractivity contribution in [3.63, 3.8) is 0 Å². The molecule has 2 heterocycles. The zero-order valence-electron chi connectivity index (χ0n) is 10.8. The minimum absolute atomic E-state index is 0.0237. The van der Waals surface area contributed by atoms with Crippen LogP contribution in [0.4, 0.5) is 11.4 Å². The quantitative estimate of drug-likeness (QED) is 0.656. The summed E-state index contributed by atoms with van der Waals surface area (Å²) in [5.41, 5.74) is 2.47. The maximum Gasteiger partial charge on any atom is 0.310 e. The molecule has 0 atom stereocenters. The lowest BCUT2D eigenvalue weighted by Crippen LogP contribution is -2.04. The van der Waals surface area contributed by atoms with E-state index in [4.69, 9.17) is 0 Å². The summed E-state index contributed by atoms with van der Waals surface area (Å²) in [6, 6.07) is 1.60. The Hall–Kier alpha value is -2.44. The van der Waals surface area contributed by atoms with Gasteiger partial charge < -0.3 is 5.32 Å². The summed E-state index contributed by atoms with van der Waals surface area (Å²) in [5.74, 6) is 0. The van der Waals surface area contributed by atoms with Crippen molar-refractivity contribution in [3.8, 4) is 0 Å². The van der Waals surface area contributed by atoms with Crippen LogP contribution in [-0.4, -0.2) is 19.7 Å². The number of anilines is 1. The first kappa shape index (κ1) is 13.0. The summed E-state index contributed by atoms with van der Waals surface area (Å²) in [4.78, 5) is 14.2. The molecule has 2 rings (SSSR count). The molecule has 7 nitrogen and oxygen atoms in total. The van der Waals surface area contributed by atoms with Crippen molar-refractivity contribution in [2.75, 3.05) is 5.32 Å². The van der Waals surface area contributed by atoms with Crippen LogP contribution in [0.2, 0.25) is 0 Å². The Kier molecular flexibility index (Phi) is 3.74. The molecule has 19 heavy (non-hydrogen) atoms. The first-order valence-corrected chi connectivity index (χ1v) is 5.95. The van der Waals surface area contributed by atoms with E-state index in [-0.39, 0.29) is 5.69 Å². The van der Waals surface area contributed by atoms with Gasteiger partial charge in [0.1, 0.15) is 11.9 Å². The molecule has 0 radical (unpaired) electrons. The molecule has 0 fully saturated rings. The Balaban J connectivity index is 2.16. The van der Waals surface area contributed by atoms with E-state index in [0.29, 0.717) is 12.2 Å². The number of rotatable bonds is 5. The molecule has 1 N–H and O–H groups in total. The van der Waals surface area contributed by atoms with E-state index in [9.17, 15) is 10.1 Å². The number of nitrogens with zero attached hydrogens (tertiary/aromatic N) is 4. The fourth-order valence-electron chi connectivity index (χ4n) is 1.90. The minimum atomic E-state index is -0.445. The van der Waals surface area contributed by atoms with Crippen molar-refractivity contribution in [1.29, 1.82) is 0 Å². The first-order chi connectivity index (χ1) is 9.11. The maximum absolute atomic E-state index is 10.9. The number of pyridine rings is 1. The molecule has 0 spiro atoms. The van der Waals surface area contributed by atoms with Crippen molar-refractivity contribution >= 4 is 11.4 Å². The second kappa shape index (κ2) is 5.47. The first-order valence-electron chi connectivity index (χ1n) is 5.95.